The maximum Gasteiger partial charge on any atom is 0.282 e. The Morgan fingerprint density at radius 2 is 1.55 bits per heavy atom. The molecule has 338 valence electrons. The fourth-order valence-electron chi connectivity index (χ4n) is 11.0. The van der Waals surface area contributed by atoms with Crippen molar-refractivity contribution >= 4 is 40.0 Å². The van der Waals surface area contributed by atoms with Crippen LogP contribution < -0.4 is 30.1 Å². The number of pyridine rings is 2. The highest BCUT2D eigenvalue weighted by atomic mass is 19.3. The number of benzene rings is 2. The van der Waals surface area contributed by atoms with E-state index in [9.17, 15) is 28.0 Å². The average Bonchev–Trinajstić information content (AvgIpc) is 3.60. The Morgan fingerprint density at radius 3 is 2.22 bits per heavy atom. The molecule has 2 aromatic carbocycles. The fourth-order valence-corrected chi connectivity index (χ4v) is 11.0. The molecule has 1 N–H and O–H groups in total. The van der Waals surface area contributed by atoms with Crippen LogP contribution in [0.5, 0.6) is 11.5 Å². The highest BCUT2D eigenvalue weighted by molar-refractivity contribution is 6.05. The molecule has 6 aliphatic rings. The summed E-state index contributed by atoms with van der Waals surface area (Å²) >= 11 is 0. The Bertz CT molecular complexity index is 2540. The van der Waals surface area contributed by atoms with Crippen LogP contribution in [0.3, 0.4) is 0 Å². The third kappa shape index (κ3) is 7.86. The van der Waals surface area contributed by atoms with Crippen LogP contribution in [-0.4, -0.2) is 127 Å². The lowest BCUT2D eigenvalue weighted by molar-refractivity contribution is -0.136. The second kappa shape index (κ2) is 16.4. The molecule has 8 heterocycles. The summed E-state index contributed by atoms with van der Waals surface area (Å²) in [5, 5.41) is 3.43. The van der Waals surface area contributed by atoms with Gasteiger partial charge in [-0.05, 0) is 119 Å². The minimum absolute atomic E-state index is 0.126. The largest absolute Gasteiger partial charge is 0.496 e. The van der Waals surface area contributed by atoms with Crippen LogP contribution in [0.2, 0.25) is 0 Å². The second-order valence-electron chi connectivity index (χ2n) is 19.1. The molecule has 14 nitrogen and oxygen atoms in total. The summed E-state index contributed by atoms with van der Waals surface area (Å²) in [6.07, 6.45) is 9.67. The van der Waals surface area contributed by atoms with Crippen molar-refractivity contribution in [3.8, 4) is 22.6 Å². The monoisotopic (exact) mass is 878 g/mol. The third-order valence-corrected chi connectivity index (χ3v) is 14.9. The number of nitrogens with zero attached hydrogens (tertiary/aromatic N) is 7. The first kappa shape index (κ1) is 42.3. The van der Waals surface area contributed by atoms with E-state index in [2.05, 4.69) is 31.1 Å². The summed E-state index contributed by atoms with van der Waals surface area (Å²) in [5.41, 5.74) is 5.28. The topological polar surface area (TPSA) is 133 Å². The highest BCUT2D eigenvalue weighted by Gasteiger charge is 2.46. The minimum atomic E-state index is -2.75. The molecular formula is C48H56F2N8O6. The number of anilines is 2. The summed E-state index contributed by atoms with van der Waals surface area (Å²) in [6, 6.07) is 11.2. The molecule has 1 unspecified atom stereocenters. The number of carbonyl (C=O) groups is 3. The molecule has 10 rings (SSSR count). The molecule has 5 fully saturated rings. The van der Waals surface area contributed by atoms with Crippen LogP contribution in [0.1, 0.15) is 66.4 Å². The van der Waals surface area contributed by atoms with Crippen LogP contribution in [0.15, 0.2) is 53.6 Å². The van der Waals surface area contributed by atoms with Crippen molar-refractivity contribution in [3.05, 3.63) is 75.8 Å². The van der Waals surface area contributed by atoms with Gasteiger partial charge in [0.05, 0.1) is 38.3 Å². The quantitative estimate of drug-likeness (QED) is 0.204. The van der Waals surface area contributed by atoms with E-state index in [4.69, 9.17) is 9.47 Å². The minimum Gasteiger partial charge on any atom is -0.496 e. The van der Waals surface area contributed by atoms with Gasteiger partial charge in [0.2, 0.25) is 11.8 Å². The number of halogens is 2. The van der Waals surface area contributed by atoms with Gasteiger partial charge in [-0.2, -0.15) is 0 Å². The number of likely N-dealkylation sites (tertiary alicyclic amines) is 2. The van der Waals surface area contributed by atoms with Gasteiger partial charge in [-0.15, -0.1) is 0 Å². The van der Waals surface area contributed by atoms with Crippen LogP contribution in [0, 0.1) is 11.3 Å². The van der Waals surface area contributed by atoms with E-state index in [0.29, 0.717) is 64.5 Å². The number of amides is 3. The van der Waals surface area contributed by atoms with E-state index in [1.54, 1.807) is 38.4 Å². The van der Waals surface area contributed by atoms with E-state index < -0.39 is 25.1 Å². The van der Waals surface area contributed by atoms with Crippen molar-refractivity contribution in [2.24, 2.45) is 18.4 Å². The summed E-state index contributed by atoms with van der Waals surface area (Å²) in [7, 11) is 5.00. The zero-order valence-corrected chi connectivity index (χ0v) is 36.8. The summed E-state index contributed by atoms with van der Waals surface area (Å²) in [4.78, 5) is 65.7. The molecular weight excluding hydrogens is 823 g/mol. The van der Waals surface area contributed by atoms with Gasteiger partial charge in [0.15, 0.2) is 0 Å². The lowest BCUT2D eigenvalue weighted by Gasteiger charge is -2.55. The number of hydrogen-bond acceptors (Lipinski definition) is 11. The summed E-state index contributed by atoms with van der Waals surface area (Å²) < 4.78 is 40.9. The second-order valence-corrected chi connectivity index (χ2v) is 19.1. The van der Waals surface area contributed by atoms with Crippen LogP contribution in [0.4, 0.5) is 20.3 Å². The van der Waals surface area contributed by atoms with Crippen molar-refractivity contribution in [2.75, 3.05) is 82.9 Å². The molecule has 6 aliphatic heterocycles. The molecule has 3 amide bonds. The molecule has 0 radical (unpaired) electrons. The molecule has 2 aromatic heterocycles. The molecule has 16 heteroatoms. The van der Waals surface area contributed by atoms with Gasteiger partial charge < -0.3 is 33.6 Å². The van der Waals surface area contributed by atoms with Gasteiger partial charge in [-0.25, -0.2) is 13.8 Å². The Kier molecular flexibility index (Phi) is 10.9. The predicted molar refractivity (Wildman–Crippen MR) is 238 cm³/mol. The van der Waals surface area contributed by atoms with Gasteiger partial charge in [0.1, 0.15) is 23.4 Å². The van der Waals surface area contributed by atoms with Crippen LogP contribution >= 0.6 is 0 Å². The number of hydrogen-bond donors (Lipinski definition) is 1. The number of nitrogens with one attached hydrogen (secondary N) is 1. The van der Waals surface area contributed by atoms with E-state index in [0.717, 1.165) is 86.6 Å². The first-order chi connectivity index (χ1) is 30.8. The van der Waals surface area contributed by atoms with Crippen molar-refractivity contribution in [3.63, 3.8) is 0 Å². The maximum atomic E-state index is 13.7. The number of piperidine rings is 3. The number of ether oxygens (including phenoxy) is 2. The van der Waals surface area contributed by atoms with Gasteiger partial charge in [-0.3, -0.25) is 29.4 Å². The summed E-state index contributed by atoms with van der Waals surface area (Å²) in [5.74, 6) is -1.07. The summed E-state index contributed by atoms with van der Waals surface area (Å²) in [6.45, 7) is 7.57. The van der Waals surface area contributed by atoms with Gasteiger partial charge in [0, 0.05) is 79.7 Å². The number of aryl methyl sites for hydroxylation is 1. The smallest absolute Gasteiger partial charge is 0.282 e. The van der Waals surface area contributed by atoms with Gasteiger partial charge >= 0.3 is 0 Å². The third-order valence-electron chi connectivity index (χ3n) is 14.9. The Hall–Kier alpha value is -5.61. The molecule has 0 bridgehead atoms. The number of imide groups is 1. The van der Waals surface area contributed by atoms with Crippen molar-refractivity contribution in [1.82, 2.24) is 29.6 Å². The SMILES string of the molecule is COc1cc(-c2cn(C)c(=O)c3cnc(N4CC(F)(F)C4)cc23)cc(OC)c1CN1CCC(CCN2CCC3(CC2)CN(c2ccc4c(c2)C(=O)N(C2CCC(=O)NC2=O)C4)C3)CC1. The zero-order chi connectivity index (χ0) is 44.5. The Morgan fingerprint density at radius 1 is 0.828 bits per heavy atom. The molecule has 1 atom stereocenters. The Balaban J connectivity index is 0.710. The first-order valence-corrected chi connectivity index (χ1v) is 22.6. The fraction of sp³-hybridized carbons (Fsp3) is 0.521. The number of fused-ring (bicyclic) bond motifs is 2. The Labute approximate surface area is 371 Å². The standard InChI is InChI=1S/C48H56F2N8O6/c1-53-24-37(35-21-42(51-22-36(35)45(53)61)57-28-48(49,50)29-57)32-18-40(63-2)38(41(19-32)64-3)25-55-14-9-30(10-15-55)8-13-54-16-11-47(12-17-54)26-56(27-47)33-5-4-31-23-58(46(62)34(31)20-33)39-6-7-43(59)52-44(39)60/h4-5,18-22,24,30,39H,6-17,23,25-29H2,1-3H3,(H,52,59,60). The normalized spacial score (nSPS) is 22.4. The number of methoxy groups -OCH3 is 2. The van der Waals surface area contributed by atoms with Crippen molar-refractivity contribution in [2.45, 2.75) is 70.0 Å². The molecule has 0 saturated carbocycles. The lowest BCUT2D eigenvalue weighted by Crippen LogP contribution is -2.60. The molecule has 64 heavy (non-hydrogen) atoms. The molecule has 1 spiro atoms. The van der Waals surface area contributed by atoms with E-state index in [1.165, 1.54) is 34.9 Å². The van der Waals surface area contributed by atoms with Crippen molar-refractivity contribution < 1.29 is 32.6 Å². The lowest BCUT2D eigenvalue weighted by atomic mass is 9.71. The maximum absolute atomic E-state index is 13.7. The highest BCUT2D eigenvalue weighted by Crippen LogP contribution is 2.44. The predicted octanol–water partition coefficient (Wildman–Crippen LogP) is 5.04. The van der Waals surface area contributed by atoms with E-state index >= 15 is 0 Å². The van der Waals surface area contributed by atoms with Crippen LogP contribution in [0.25, 0.3) is 21.9 Å². The number of rotatable bonds is 11. The molecule has 4 aromatic rings. The van der Waals surface area contributed by atoms with Gasteiger partial charge in [0.25, 0.3) is 17.4 Å². The number of aromatic nitrogens is 2. The van der Waals surface area contributed by atoms with E-state index in [-0.39, 0.29) is 29.7 Å². The molecule has 5 saturated heterocycles. The zero-order valence-electron chi connectivity index (χ0n) is 36.8. The van der Waals surface area contributed by atoms with Crippen LogP contribution in [-0.2, 0) is 29.7 Å². The first-order valence-electron chi connectivity index (χ1n) is 22.6. The number of alkyl halides is 2. The number of carbonyl (C=O) groups excluding carboxylic acids is 3. The average molecular weight is 879 g/mol. The molecule has 0 aliphatic carbocycles. The van der Waals surface area contributed by atoms with Crippen molar-refractivity contribution in [1.29, 1.82) is 0 Å². The van der Waals surface area contributed by atoms with Gasteiger partial charge in [-0.1, -0.05) is 6.07 Å². The van der Waals surface area contributed by atoms with E-state index in [1.807, 2.05) is 24.3 Å².